The molecule has 1 heterocycles. The smallest absolute Gasteiger partial charge is 0.236 e. The van der Waals surface area contributed by atoms with Crippen LogP contribution in [0.15, 0.2) is 0 Å². The van der Waals surface area contributed by atoms with Crippen molar-refractivity contribution >= 4 is 11.8 Å². The van der Waals surface area contributed by atoms with E-state index < -0.39 is 0 Å². The van der Waals surface area contributed by atoms with Crippen molar-refractivity contribution in [3.63, 3.8) is 0 Å². The number of amides is 2. The van der Waals surface area contributed by atoms with Crippen LogP contribution in [-0.4, -0.2) is 72.3 Å². The second kappa shape index (κ2) is 6.37. The van der Waals surface area contributed by atoms with Gasteiger partial charge in [-0.25, -0.2) is 0 Å². The summed E-state index contributed by atoms with van der Waals surface area (Å²) in [6, 6.07) is 0.450. The zero-order valence-electron chi connectivity index (χ0n) is 12.1. The monoisotopic (exact) mass is 267 g/mol. The quantitative estimate of drug-likeness (QED) is 0.750. The molecule has 0 aromatic heterocycles. The molecule has 0 N–H and O–H groups in total. The van der Waals surface area contributed by atoms with Crippen molar-refractivity contribution in [3.8, 4) is 0 Å². The normalized spacial score (nSPS) is 21.7. The SMILES string of the molecule is CC(=O)N1CCN(CC(=O)N(C)C2CCCC2)CC1. The van der Waals surface area contributed by atoms with Crippen LogP contribution in [0.5, 0.6) is 0 Å². The van der Waals surface area contributed by atoms with Gasteiger partial charge in [0, 0.05) is 46.2 Å². The van der Waals surface area contributed by atoms with Crippen molar-refractivity contribution in [2.45, 2.75) is 38.6 Å². The van der Waals surface area contributed by atoms with Gasteiger partial charge in [-0.2, -0.15) is 0 Å². The molecule has 1 aliphatic heterocycles. The number of likely N-dealkylation sites (N-methyl/N-ethyl adjacent to an activating group) is 1. The molecule has 1 saturated heterocycles. The minimum Gasteiger partial charge on any atom is -0.342 e. The Morgan fingerprint density at radius 2 is 1.68 bits per heavy atom. The highest BCUT2D eigenvalue weighted by atomic mass is 16.2. The molecule has 0 unspecified atom stereocenters. The van der Waals surface area contributed by atoms with Gasteiger partial charge >= 0.3 is 0 Å². The molecule has 1 saturated carbocycles. The summed E-state index contributed by atoms with van der Waals surface area (Å²) < 4.78 is 0. The summed E-state index contributed by atoms with van der Waals surface area (Å²) in [6.07, 6.45) is 4.81. The average Bonchev–Trinajstić information content (AvgIpc) is 2.92. The summed E-state index contributed by atoms with van der Waals surface area (Å²) in [6.45, 7) is 5.21. The van der Waals surface area contributed by atoms with Gasteiger partial charge in [0.2, 0.25) is 11.8 Å². The molecule has 19 heavy (non-hydrogen) atoms. The van der Waals surface area contributed by atoms with E-state index in [1.165, 1.54) is 12.8 Å². The second-order valence-corrected chi connectivity index (χ2v) is 5.73. The number of carbonyl (C=O) groups excluding carboxylic acids is 2. The van der Waals surface area contributed by atoms with Gasteiger partial charge in [-0.1, -0.05) is 12.8 Å². The van der Waals surface area contributed by atoms with E-state index in [1.807, 2.05) is 16.8 Å². The van der Waals surface area contributed by atoms with Crippen molar-refractivity contribution in [1.29, 1.82) is 0 Å². The minimum absolute atomic E-state index is 0.133. The van der Waals surface area contributed by atoms with E-state index in [9.17, 15) is 9.59 Å². The minimum atomic E-state index is 0.133. The molecule has 0 aromatic carbocycles. The molecule has 1 aliphatic carbocycles. The third-order valence-electron chi connectivity index (χ3n) is 4.44. The fourth-order valence-electron chi connectivity index (χ4n) is 3.02. The van der Waals surface area contributed by atoms with Crippen LogP contribution in [0, 0.1) is 0 Å². The molecule has 0 bridgehead atoms. The summed E-state index contributed by atoms with van der Waals surface area (Å²) in [5.74, 6) is 0.359. The van der Waals surface area contributed by atoms with E-state index in [1.54, 1.807) is 6.92 Å². The molecule has 2 fully saturated rings. The van der Waals surface area contributed by atoms with Gasteiger partial charge in [0.25, 0.3) is 0 Å². The molecule has 0 atom stereocenters. The van der Waals surface area contributed by atoms with E-state index in [-0.39, 0.29) is 11.8 Å². The molecule has 5 heteroatoms. The topological polar surface area (TPSA) is 43.9 Å². The van der Waals surface area contributed by atoms with Crippen LogP contribution < -0.4 is 0 Å². The number of hydrogen-bond donors (Lipinski definition) is 0. The lowest BCUT2D eigenvalue weighted by Crippen LogP contribution is -2.51. The number of piperazine rings is 1. The van der Waals surface area contributed by atoms with E-state index >= 15 is 0 Å². The molecule has 0 aromatic rings. The maximum absolute atomic E-state index is 12.2. The summed E-state index contributed by atoms with van der Waals surface area (Å²) in [4.78, 5) is 29.4. The maximum atomic E-state index is 12.2. The summed E-state index contributed by atoms with van der Waals surface area (Å²) >= 11 is 0. The van der Waals surface area contributed by atoms with Crippen molar-refractivity contribution < 1.29 is 9.59 Å². The first-order chi connectivity index (χ1) is 9.08. The zero-order valence-corrected chi connectivity index (χ0v) is 12.1. The highest BCUT2D eigenvalue weighted by Crippen LogP contribution is 2.22. The Bertz CT molecular complexity index is 332. The Kier molecular flexibility index (Phi) is 4.80. The average molecular weight is 267 g/mol. The number of carbonyl (C=O) groups is 2. The molecule has 2 rings (SSSR count). The van der Waals surface area contributed by atoms with Crippen molar-refractivity contribution in [2.75, 3.05) is 39.8 Å². The van der Waals surface area contributed by atoms with Crippen LogP contribution >= 0.6 is 0 Å². The largest absolute Gasteiger partial charge is 0.342 e. The number of hydrogen-bond acceptors (Lipinski definition) is 3. The Hall–Kier alpha value is -1.10. The van der Waals surface area contributed by atoms with Crippen LogP contribution in [0.3, 0.4) is 0 Å². The third kappa shape index (κ3) is 3.69. The second-order valence-electron chi connectivity index (χ2n) is 5.73. The summed E-state index contributed by atoms with van der Waals surface area (Å²) in [5.41, 5.74) is 0. The molecule has 0 radical (unpaired) electrons. The Labute approximate surface area is 115 Å². The molecule has 0 spiro atoms. The standard InChI is InChI=1S/C14H25N3O2/c1-12(18)17-9-7-16(8-10-17)11-14(19)15(2)13-5-3-4-6-13/h13H,3-11H2,1-2H3. The molecular formula is C14H25N3O2. The van der Waals surface area contributed by atoms with E-state index in [2.05, 4.69) is 4.90 Å². The fourth-order valence-corrected chi connectivity index (χ4v) is 3.02. The van der Waals surface area contributed by atoms with Crippen LogP contribution in [0.2, 0.25) is 0 Å². The van der Waals surface area contributed by atoms with Gasteiger partial charge in [-0.3, -0.25) is 14.5 Å². The predicted molar refractivity (Wildman–Crippen MR) is 73.7 cm³/mol. The van der Waals surface area contributed by atoms with Crippen LogP contribution in [-0.2, 0) is 9.59 Å². The molecular weight excluding hydrogens is 242 g/mol. The van der Waals surface area contributed by atoms with Crippen LogP contribution in [0.1, 0.15) is 32.6 Å². The molecule has 108 valence electrons. The third-order valence-corrected chi connectivity index (χ3v) is 4.44. The Morgan fingerprint density at radius 1 is 1.11 bits per heavy atom. The maximum Gasteiger partial charge on any atom is 0.236 e. The van der Waals surface area contributed by atoms with Gasteiger partial charge in [-0.15, -0.1) is 0 Å². The van der Waals surface area contributed by atoms with Gasteiger partial charge in [-0.05, 0) is 12.8 Å². The Balaban J connectivity index is 1.75. The first kappa shape index (κ1) is 14.3. The van der Waals surface area contributed by atoms with E-state index in [4.69, 9.17) is 0 Å². The summed E-state index contributed by atoms with van der Waals surface area (Å²) in [5, 5.41) is 0. The summed E-state index contributed by atoms with van der Waals surface area (Å²) in [7, 11) is 1.93. The molecule has 2 aliphatic rings. The lowest BCUT2D eigenvalue weighted by atomic mass is 10.2. The zero-order chi connectivity index (χ0) is 13.8. The van der Waals surface area contributed by atoms with E-state index in [0.717, 1.165) is 39.0 Å². The fraction of sp³-hybridized carbons (Fsp3) is 0.857. The van der Waals surface area contributed by atoms with Gasteiger partial charge in [0.1, 0.15) is 0 Å². The van der Waals surface area contributed by atoms with Crippen LogP contribution in [0.25, 0.3) is 0 Å². The number of rotatable bonds is 3. The Morgan fingerprint density at radius 3 is 2.21 bits per heavy atom. The van der Waals surface area contributed by atoms with E-state index in [0.29, 0.717) is 12.6 Å². The molecule has 5 nitrogen and oxygen atoms in total. The predicted octanol–water partition coefficient (Wildman–Crippen LogP) is 0.552. The highest BCUT2D eigenvalue weighted by molar-refractivity contribution is 5.78. The van der Waals surface area contributed by atoms with Gasteiger partial charge in [0.05, 0.1) is 6.54 Å². The number of nitrogens with zero attached hydrogens (tertiary/aromatic N) is 3. The van der Waals surface area contributed by atoms with Crippen molar-refractivity contribution in [2.24, 2.45) is 0 Å². The van der Waals surface area contributed by atoms with Gasteiger partial charge in [0.15, 0.2) is 0 Å². The highest BCUT2D eigenvalue weighted by Gasteiger charge is 2.26. The first-order valence-corrected chi connectivity index (χ1v) is 7.31. The van der Waals surface area contributed by atoms with Crippen molar-refractivity contribution in [1.82, 2.24) is 14.7 Å². The van der Waals surface area contributed by atoms with Gasteiger partial charge < -0.3 is 9.80 Å². The molecule has 2 amide bonds. The lowest BCUT2D eigenvalue weighted by molar-refractivity contribution is -0.134. The first-order valence-electron chi connectivity index (χ1n) is 7.31. The van der Waals surface area contributed by atoms with Crippen LogP contribution in [0.4, 0.5) is 0 Å². The van der Waals surface area contributed by atoms with Crippen molar-refractivity contribution in [3.05, 3.63) is 0 Å². The lowest BCUT2D eigenvalue weighted by Gasteiger charge is -2.35.